The van der Waals surface area contributed by atoms with Crippen molar-refractivity contribution < 1.29 is 9.53 Å². The highest BCUT2D eigenvalue weighted by molar-refractivity contribution is 5.69. The summed E-state index contributed by atoms with van der Waals surface area (Å²) < 4.78 is 5.34. The second kappa shape index (κ2) is 17.6. The van der Waals surface area contributed by atoms with E-state index in [9.17, 15) is 4.79 Å². The average molecular weight is 325 g/mol. The van der Waals surface area contributed by atoms with Crippen molar-refractivity contribution in [2.45, 2.75) is 117 Å². The van der Waals surface area contributed by atoms with Gasteiger partial charge in [0.15, 0.2) is 0 Å². The Bertz CT molecular complexity index is 284. The zero-order chi connectivity index (χ0) is 17.2. The third-order valence-corrected chi connectivity index (χ3v) is 4.16. The monoisotopic (exact) mass is 324 g/mol. The summed E-state index contributed by atoms with van der Waals surface area (Å²) in [5.74, 6) is -0.0439. The van der Waals surface area contributed by atoms with E-state index >= 15 is 0 Å². The summed E-state index contributed by atoms with van der Waals surface area (Å²) in [7, 11) is 0. The molecule has 0 aromatic heterocycles. The predicted molar refractivity (Wildman–Crippen MR) is 101 cm³/mol. The van der Waals surface area contributed by atoms with Gasteiger partial charge in [-0.3, -0.25) is 4.79 Å². The Morgan fingerprint density at radius 3 is 2.00 bits per heavy atom. The molecule has 1 atom stereocenters. The van der Waals surface area contributed by atoms with Gasteiger partial charge in [-0.1, -0.05) is 64.5 Å². The Kier molecular flexibility index (Phi) is 17.0. The minimum Gasteiger partial charge on any atom is -0.463 e. The molecule has 0 spiro atoms. The lowest BCUT2D eigenvalue weighted by Crippen LogP contribution is -2.14. The third-order valence-electron chi connectivity index (χ3n) is 4.16. The molecule has 0 bridgehead atoms. The molecule has 0 saturated carbocycles. The van der Waals surface area contributed by atoms with Gasteiger partial charge in [0, 0.05) is 6.42 Å². The fourth-order valence-electron chi connectivity index (χ4n) is 2.70. The lowest BCUT2D eigenvalue weighted by molar-refractivity contribution is -0.148. The molecule has 0 aromatic rings. The van der Waals surface area contributed by atoms with Gasteiger partial charge in [-0.15, -0.1) is 0 Å². The van der Waals surface area contributed by atoms with Crippen LogP contribution in [0.25, 0.3) is 0 Å². The molecule has 0 saturated heterocycles. The molecule has 0 aliphatic heterocycles. The van der Waals surface area contributed by atoms with E-state index in [4.69, 9.17) is 4.74 Å². The zero-order valence-electron chi connectivity index (χ0n) is 15.9. The Balaban J connectivity index is 3.28. The van der Waals surface area contributed by atoms with Crippen molar-refractivity contribution in [3.8, 4) is 0 Å². The largest absolute Gasteiger partial charge is 0.463 e. The van der Waals surface area contributed by atoms with E-state index < -0.39 is 0 Å². The van der Waals surface area contributed by atoms with E-state index in [1.807, 2.05) is 13.8 Å². The summed E-state index contributed by atoms with van der Waals surface area (Å²) in [6.07, 6.45) is 21.6. The minimum atomic E-state index is -0.0439. The molecule has 0 N–H and O–H groups in total. The number of unbranched alkanes of at least 4 members (excludes halogenated alkanes) is 9. The molecule has 136 valence electrons. The number of ether oxygens (including phenoxy) is 1. The third kappa shape index (κ3) is 17.4. The summed E-state index contributed by atoms with van der Waals surface area (Å²) in [5.41, 5.74) is 0. The summed E-state index contributed by atoms with van der Waals surface area (Å²) in [6, 6.07) is 0. The van der Waals surface area contributed by atoms with E-state index in [1.54, 1.807) is 0 Å². The number of carbonyl (C=O) groups excluding carboxylic acids is 1. The summed E-state index contributed by atoms with van der Waals surface area (Å²) in [4.78, 5) is 11.4. The van der Waals surface area contributed by atoms with Crippen molar-refractivity contribution in [2.75, 3.05) is 0 Å². The SMILES string of the molecule is CCCCCCCC/C=C\CCCCCC(C)OC(=O)CCC. The Morgan fingerprint density at radius 1 is 0.826 bits per heavy atom. The molecular weight excluding hydrogens is 284 g/mol. The standard InChI is InChI=1S/C21H40O2/c1-4-6-7-8-9-10-11-12-13-14-15-16-17-19-20(3)23-21(22)18-5-2/h12-13,20H,4-11,14-19H2,1-3H3/b13-12-. The molecule has 0 aromatic carbocycles. The second-order valence-corrected chi connectivity index (χ2v) is 6.72. The van der Waals surface area contributed by atoms with Crippen molar-refractivity contribution in [1.29, 1.82) is 0 Å². The summed E-state index contributed by atoms with van der Waals surface area (Å²) in [6.45, 7) is 6.28. The van der Waals surface area contributed by atoms with Crippen molar-refractivity contribution in [1.82, 2.24) is 0 Å². The summed E-state index contributed by atoms with van der Waals surface area (Å²) >= 11 is 0. The first-order valence-corrected chi connectivity index (χ1v) is 10.0. The molecule has 1 unspecified atom stereocenters. The smallest absolute Gasteiger partial charge is 0.306 e. The van der Waals surface area contributed by atoms with Crippen LogP contribution in [0.1, 0.15) is 111 Å². The van der Waals surface area contributed by atoms with Gasteiger partial charge in [0.1, 0.15) is 0 Å². The highest BCUT2D eigenvalue weighted by atomic mass is 16.5. The van der Waals surface area contributed by atoms with Crippen LogP contribution in [0.15, 0.2) is 12.2 Å². The van der Waals surface area contributed by atoms with E-state index in [2.05, 4.69) is 19.1 Å². The first kappa shape index (κ1) is 22.2. The maximum absolute atomic E-state index is 11.4. The van der Waals surface area contributed by atoms with Crippen LogP contribution in [0.5, 0.6) is 0 Å². The molecule has 0 aliphatic rings. The average Bonchev–Trinajstić information content (AvgIpc) is 2.52. The number of esters is 1. The lowest BCUT2D eigenvalue weighted by Gasteiger charge is -2.12. The van der Waals surface area contributed by atoms with Gasteiger partial charge in [-0.05, 0) is 51.9 Å². The van der Waals surface area contributed by atoms with Crippen LogP contribution in [0, 0.1) is 0 Å². The lowest BCUT2D eigenvalue weighted by atomic mass is 10.1. The van der Waals surface area contributed by atoms with Crippen LogP contribution in [-0.2, 0) is 9.53 Å². The Morgan fingerprint density at radius 2 is 1.39 bits per heavy atom. The Labute approximate surface area is 145 Å². The number of carbonyl (C=O) groups is 1. The molecule has 2 heteroatoms. The maximum atomic E-state index is 11.4. The summed E-state index contributed by atoms with van der Waals surface area (Å²) in [5, 5.41) is 0. The second-order valence-electron chi connectivity index (χ2n) is 6.72. The molecule has 0 amide bonds. The molecular formula is C21H40O2. The molecule has 23 heavy (non-hydrogen) atoms. The fourth-order valence-corrected chi connectivity index (χ4v) is 2.70. The van der Waals surface area contributed by atoms with Gasteiger partial charge >= 0.3 is 5.97 Å². The number of hydrogen-bond acceptors (Lipinski definition) is 2. The van der Waals surface area contributed by atoms with E-state index in [0.29, 0.717) is 6.42 Å². The first-order chi connectivity index (χ1) is 11.2. The van der Waals surface area contributed by atoms with Crippen LogP contribution in [0.4, 0.5) is 0 Å². The molecule has 0 radical (unpaired) electrons. The van der Waals surface area contributed by atoms with E-state index in [-0.39, 0.29) is 12.1 Å². The number of rotatable bonds is 16. The van der Waals surface area contributed by atoms with Crippen LogP contribution in [-0.4, -0.2) is 12.1 Å². The molecule has 0 heterocycles. The number of hydrogen-bond donors (Lipinski definition) is 0. The van der Waals surface area contributed by atoms with Gasteiger partial charge in [-0.2, -0.15) is 0 Å². The molecule has 0 aliphatic carbocycles. The molecule has 2 nitrogen and oxygen atoms in total. The van der Waals surface area contributed by atoms with Crippen LogP contribution in [0.2, 0.25) is 0 Å². The molecule has 0 rings (SSSR count). The maximum Gasteiger partial charge on any atom is 0.306 e. The van der Waals surface area contributed by atoms with Crippen LogP contribution in [0.3, 0.4) is 0 Å². The predicted octanol–water partition coefficient (Wildman–Crippen LogP) is 6.98. The number of allylic oxidation sites excluding steroid dienone is 2. The first-order valence-electron chi connectivity index (χ1n) is 10.0. The quantitative estimate of drug-likeness (QED) is 0.174. The van der Waals surface area contributed by atoms with Crippen molar-refractivity contribution in [3.05, 3.63) is 12.2 Å². The van der Waals surface area contributed by atoms with E-state index in [0.717, 1.165) is 19.3 Å². The normalized spacial score (nSPS) is 12.7. The van der Waals surface area contributed by atoms with Gasteiger partial charge in [0.25, 0.3) is 0 Å². The molecule has 0 fully saturated rings. The van der Waals surface area contributed by atoms with Crippen molar-refractivity contribution in [2.24, 2.45) is 0 Å². The fraction of sp³-hybridized carbons (Fsp3) is 0.857. The van der Waals surface area contributed by atoms with Gasteiger partial charge in [-0.25, -0.2) is 0 Å². The van der Waals surface area contributed by atoms with Crippen molar-refractivity contribution in [3.63, 3.8) is 0 Å². The Hall–Kier alpha value is -0.790. The van der Waals surface area contributed by atoms with Crippen molar-refractivity contribution >= 4 is 5.97 Å². The van der Waals surface area contributed by atoms with E-state index in [1.165, 1.54) is 64.2 Å². The van der Waals surface area contributed by atoms with Crippen LogP contribution < -0.4 is 0 Å². The van der Waals surface area contributed by atoms with Gasteiger partial charge < -0.3 is 4.74 Å². The van der Waals surface area contributed by atoms with Gasteiger partial charge in [0.05, 0.1) is 6.10 Å². The zero-order valence-corrected chi connectivity index (χ0v) is 15.9. The highest BCUT2D eigenvalue weighted by Crippen LogP contribution is 2.11. The van der Waals surface area contributed by atoms with Crippen LogP contribution >= 0.6 is 0 Å². The minimum absolute atomic E-state index is 0.0439. The van der Waals surface area contributed by atoms with Gasteiger partial charge in [0.2, 0.25) is 0 Å². The topological polar surface area (TPSA) is 26.3 Å². The highest BCUT2D eigenvalue weighted by Gasteiger charge is 2.07.